The summed E-state index contributed by atoms with van der Waals surface area (Å²) in [4.78, 5) is 4.33. The van der Waals surface area contributed by atoms with Gasteiger partial charge in [0.05, 0.1) is 5.69 Å². The number of nitrogens with one attached hydrogen (secondary N) is 1. The van der Waals surface area contributed by atoms with Gasteiger partial charge in [0, 0.05) is 6.54 Å². The Balaban J connectivity index is 1.76. The summed E-state index contributed by atoms with van der Waals surface area (Å²) in [6.45, 7) is 1.52. The standard InChI is InChI=1S/C14H14BrFN2/c15-14-6-2-5-13(18-14)10-17-8-7-11-3-1-4-12(16)9-11/h1-6,9,17H,7-8,10H2. The van der Waals surface area contributed by atoms with Crippen molar-refractivity contribution >= 4 is 15.9 Å². The Labute approximate surface area is 114 Å². The number of nitrogens with zero attached hydrogens (tertiary/aromatic N) is 1. The molecule has 0 spiro atoms. The molecule has 1 heterocycles. The minimum absolute atomic E-state index is 0.179. The van der Waals surface area contributed by atoms with Crippen LogP contribution in [-0.2, 0) is 13.0 Å². The Morgan fingerprint density at radius 3 is 2.78 bits per heavy atom. The molecule has 2 aromatic rings. The van der Waals surface area contributed by atoms with Gasteiger partial charge in [-0.2, -0.15) is 0 Å². The first kappa shape index (κ1) is 13.2. The van der Waals surface area contributed by atoms with Gasteiger partial charge in [0.25, 0.3) is 0 Å². The summed E-state index contributed by atoms with van der Waals surface area (Å²) in [5.41, 5.74) is 1.99. The monoisotopic (exact) mass is 308 g/mol. The highest BCUT2D eigenvalue weighted by atomic mass is 79.9. The van der Waals surface area contributed by atoms with Crippen LogP contribution in [-0.4, -0.2) is 11.5 Å². The van der Waals surface area contributed by atoms with Crippen LogP contribution in [0, 0.1) is 5.82 Å². The molecule has 0 aliphatic carbocycles. The predicted molar refractivity (Wildman–Crippen MR) is 73.7 cm³/mol. The van der Waals surface area contributed by atoms with Crippen LogP contribution in [0.1, 0.15) is 11.3 Å². The van der Waals surface area contributed by atoms with Gasteiger partial charge in [0.1, 0.15) is 10.4 Å². The molecule has 0 saturated heterocycles. The predicted octanol–water partition coefficient (Wildman–Crippen LogP) is 3.32. The van der Waals surface area contributed by atoms with Crippen molar-refractivity contribution in [2.45, 2.75) is 13.0 Å². The Bertz CT molecular complexity index is 469. The number of hydrogen-bond acceptors (Lipinski definition) is 2. The smallest absolute Gasteiger partial charge is 0.123 e. The van der Waals surface area contributed by atoms with E-state index in [0.29, 0.717) is 0 Å². The second-order valence-electron chi connectivity index (χ2n) is 4.01. The summed E-state index contributed by atoms with van der Waals surface area (Å²) in [6.07, 6.45) is 0.811. The SMILES string of the molecule is Fc1cccc(CCNCc2cccc(Br)n2)c1. The Kier molecular flexibility index (Phi) is 4.84. The van der Waals surface area contributed by atoms with Crippen LogP contribution in [0.5, 0.6) is 0 Å². The molecule has 0 unspecified atom stereocenters. The van der Waals surface area contributed by atoms with Crippen LogP contribution in [0.15, 0.2) is 47.1 Å². The average molecular weight is 309 g/mol. The zero-order chi connectivity index (χ0) is 12.8. The highest BCUT2D eigenvalue weighted by Gasteiger charge is 1.97. The molecule has 4 heteroatoms. The van der Waals surface area contributed by atoms with E-state index in [1.54, 1.807) is 12.1 Å². The lowest BCUT2D eigenvalue weighted by atomic mass is 10.1. The molecule has 0 aliphatic heterocycles. The van der Waals surface area contributed by atoms with Crippen LogP contribution in [0.3, 0.4) is 0 Å². The number of rotatable bonds is 5. The van der Waals surface area contributed by atoms with Gasteiger partial charge in [-0.3, -0.25) is 0 Å². The van der Waals surface area contributed by atoms with E-state index in [9.17, 15) is 4.39 Å². The van der Waals surface area contributed by atoms with Crippen molar-refractivity contribution in [2.24, 2.45) is 0 Å². The van der Waals surface area contributed by atoms with E-state index >= 15 is 0 Å². The van der Waals surface area contributed by atoms with Crippen molar-refractivity contribution in [3.63, 3.8) is 0 Å². The Morgan fingerprint density at radius 2 is 2.00 bits per heavy atom. The van der Waals surface area contributed by atoms with Gasteiger partial charge in [0.15, 0.2) is 0 Å². The second kappa shape index (κ2) is 6.61. The fraction of sp³-hybridized carbons (Fsp3) is 0.214. The van der Waals surface area contributed by atoms with Gasteiger partial charge in [-0.25, -0.2) is 9.37 Å². The number of hydrogen-bond donors (Lipinski definition) is 1. The summed E-state index contributed by atoms with van der Waals surface area (Å²) in [7, 11) is 0. The molecular weight excluding hydrogens is 295 g/mol. The molecule has 0 atom stereocenters. The van der Waals surface area contributed by atoms with Gasteiger partial charge < -0.3 is 5.32 Å². The molecule has 0 aliphatic rings. The summed E-state index contributed by atoms with van der Waals surface area (Å²) >= 11 is 3.34. The van der Waals surface area contributed by atoms with Crippen molar-refractivity contribution in [1.82, 2.24) is 10.3 Å². The molecule has 18 heavy (non-hydrogen) atoms. The van der Waals surface area contributed by atoms with E-state index in [1.807, 2.05) is 24.3 Å². The topological polar surface area (TPSA) is 24.9 Å². The molecule has 0 bridgehead atoms. The summed E-state index contributed by atoms with van der Waals surface area (Å²) in [5.74, 6) is -0.179. The molecule has 0 saturated carbocycles. The van der Waals surface area contributed by atoms with E-state index in [4.69, 9.17) is 0 Å². The van der Waals surface area contributed by atoms with Crippen molar-refractivity contribution in [2.75, 3.05) is 6.54 Å². The molecule has 1 N–H and O–H groups in total. The van der Waals surface area contributed by atoms with Crippen LogP contribution in [0.25, 0.3) is 0 Å². The minimum Gasteiger partial charge on any atom is -0.311 e. The average Bonchev–Trinajstić information content (AvgIpc) is 2.35. The van der Waals surface area contributed by atoms with Crippen molar-refractivity contribution < 1.29 is 4.39 Å². The van der Waals surface area contributed by atoms with Crippen molar-refractivity contribution in [3.8, 4) is 0 Å². The largest absolute Gasteiger partial charge is 0.311 e. The number of pyridine rings is 1. The molecule has 0 amide bonds. The molecule has 0 fully saturated rings. The van der Waals surface area contributed by atoms with Gasteiger partial charge in [-0.05, 0) is 58.7 Å². The normalized spacial score (nSPS) is 10.6. The molecule has 2 nitrogen and oxygen atoms in total. The quantitative estimate of drug-likeness (QED) is 0.677. The summed E-state index contributed by atoms with van der Waals surface area (Å²) in [5, 5.41) is 3.29. The summed E-state index contributed by atoms with van der Waals surface area (Å²) in [6, 6.07) is 12.5. The molecule has 2 rings (SSSR count). The zero-order valence-corrected chi connectivity index (χ0v) is 11.5. The molecule has 1 aromatic carbocycles. The lowest BCUT2D eigenvalue weighted by Gasteiger charge is -2.05. The van der Waals surface area contributed by atoms with E-state index in [1.165, 1.54) is 6.07 Å². The van der Waals surface area contributed by atoms with Crippen LogP contribution in [0.4, 0.5) is 4.39 Å². The van der Waals surface area contributed by atoms with E-state index in [-0.39, 0.29) is 5.82 Å². The molecule has 1 aromatic heterocycles. The van der Waals surface area contributed by atoms with E-state index in [2.05, 4.69) is 26.2 Å². The zero-order valence-electron chi connectivity index (χ0n) is 9.87. The van der Waals surface area contributed by atoms with Crippen molar-refractivity contribution in [1.29, 1.82) is 0 Å². The van der Waals surface area contributed by atoms with E-state index in [0.717, 1.165) is 35.4 Å². The van der Waals surface area contributed by atoms with E-state index < -0.39 is 0 Å². The Hall–Kier alpha value is -1.26. The van der Waals surface area contributed by atoms with Gasteiger partial charge in [0.2, 0.25) is 0 Å². The number of halogens is 2. The second-order valence-corrected chi connectivity index (χ2v) is 4.82. The minimum atomic E-state index is -0.179. The first-order valence-corrected chi connectivity index (χ1v) is 6.60. The molecule has 94 valence electrons. The third-order valence-corrected chi connectivity index (χ3v) is 3.00. The Morgan fingerprint density at radius 1 is 1.17 bits per heavy atom. The van der Waals surface area contributed by atoms with Crippen molar-refractivity contribution in [3.05, 3.63) is 64.1 Å². The summed E-state index contributed by atoms with van der Waals surface area (Å²) < 4.78 is 13.8. The molecule has 0 radical (unpaired) electrons. The third-order valence-electron chi connectivity index (χ3n) is 2.56. The fourth-order valence-corrected chi connectivity index (χ4v) is 2.07. The van der Waals surface area contributed by atoms with Gasteiger partial charge in [-0.15, -0.1) is 0 Å². The van der Waals surface area contributed by atoms with Gasteiger partial charge in [-0.1, -0.05) is 18.2 Å². The third kappa shape index (κ3) is 4.20. The first-order valence-electron chi connectivity index (χ1n) is 5.80. The maximum absolute atomic E-state index is 13.0. The fourth-order valence-electron chi connectivity index (χ4n) is 1.69. The number of benzene rings is 1. The lowest BCUT2D eigenvalue weighted by Crippen LogP contribution is -2.17. The highest BCUT2D eigenvalue weighted by Crippen LogP contribution is 2.06. The molecular formula is C14H14BrFN2. The van der Waals surface area contributed by atoms with Crippen LogP contribution in [0.2, 0.25) is 0 Å². The maximum Gasteiger partial charge on any atom is 0.123 e. The first-order chi connectivity index (χ1) is 8.74. The number of aromatic nitrogens is 1. The highest BCUT2D eigenvalue weighted by molar-refractivity contribution is 9.10. The van der Waals surface area contributed by atoms with Crippen LogP contribution < -0.4 is 5.32 Å². The van der Waals surface area contributed by atoms with Crippen LogP contribution >= 0.6 is 15.9 Å². The maximum atomic E-state index is 13.0. The lowest BCUT2D eigenvalue weighted by molar-refractivity contribution is 0.622. The van der Waals surface area contributed by atoms with Gasteiger partial charge >= 0.3 is 0 Å².